The molecule has 10 heteroatoms. The van der Waals surface area contributed by atoms with Crippen molar-refractivity contribution in [3.8, 4) is 0 Å². The molecule has 2 N–H and O–H groups in total. The summed E-state index contributed by atoms with van der Waals surface area (Å²) < 4.78 is 38.4. The van der Waals surface area contributed by atoms with Crippen LogP contribution >= 0.6 is 11.3 Å². The molecular weight excluding hydrogens is 365 g/mol. The molecule has 0 saturated carbocycles. The molecule has 0 aliphatic rings. The third kappa shape index (κ3) is 7.03. The molecule has 144 valence electrons. The van der Waals surface area contributed by atoms with Crippen molar-refractivity contribution in [1.29, 1.82) is 0 Å². The summed E-state index contributed by atoms with van der Waals surface area (Å²) in [7, 11) is 1.86. The number of aromatic nitrogens is 3. The zero-order valence-corrected chi connectivity index (χ0v) is 15.6. The minimum Gasteiger partial charge on any atom is -0.356 e. The number of thiophene rings is 1. The van der Waals surface area contributed by atoms with Crippen LogP contribution in [-0.2, 0) is 20.1 Å². The van der Waals surface area contributed by atoms with E-state index < -0.39 is 12.6 Å². The summed E-state index contributed by atoms with van der Waals surface area (Å²) in [5.74, 6) is 2.06. The van der Waals surface area contributed by atoms with Crippen molar-refractivity contribution in [3.63, 3.8) is 0 Å². The number of unbranched alkanes of at least 4 members (excludes halogenated alkanes) is 1. The van der Waals surface area contributed by atoms with E-state index in [1.807, 2.05) is 36.1 Å². The third-order valence-electron chi connectivity index (χ3n) is 3.75. The number of nitrogens with one attached hydrogen (secondary N) is 2. The lowest BCUT2D eigenvalue weighted by molar-refractivity contribution is -0.135. The Kier molecular flexibility index (Phi) is 7.43. The highest BCUT2D eigenvalue weighted by Gasteiger charge is 2.25. The summed E-state index contributed by atoms with van der Waals surface area (Å²) in [4.78, 5) is 5.61. The molecule has 0 amide bonds. The van der Waals surface area contributed by atoms with Gasteiger partial charge >= 0.3 is 6.18 Å². The molecule has 0 aliphatic heterocycles. The minimum atomic E-state index is -4.10. The summed E-state index contributed by atoms with van der Waals surface area (Å²) in [6, 6.07) is 3.97. The Morgan fingerprint density at radius 3 is 2.69 bits per heavy atom. The number of alkyl halides is 3. The molecule has 0 radical (unpaired) electrons. The fourth-order valence-corrected chi connectivity index (χ4v) is 2.80. The molecule has 0 unspecified atom stereocenters. The maximum atomic E-state index is 12.2. The van der Waals surface area contributed by atoms with Crippen molar-refractivity contribution in [2.24, 2.45) is 12.0 Å². The molecule has 2 aromatic heterocycles. The van der Waals surface area contributed by atoms with Gasteiger partial charge in [0.1, 0.15) is 12.4 Å². The first kappa shape index (κ1) is 20.2. The second-order valence-corrected chi connectivity index (χ2v) is 6.85. The van der Waals surface area contributed by atoms with E-state index in [1.54, 1.807) is 11.3 Å². The van der Waals surface area contributed by atoms with Crippen LogP contribution in [0.25, 0.3) is 0 Å². The number of aliphatic imine (C=N–C) groups is 1. The summed E-state index contributed by atoms with van der Waals surface area (Å²) in [5, 5.41) is 16.3. The molecule has 2 aromatic rings. The van der Waals surface area contributed by atoms with Crippen LogP contribution in [0.15, 0.2) is 22.5 Å². The highest BCUT2D eigenvalue weighted by Crippen LogP contribution is 2.21. The first-order chi connectivity index (χ1) is 12.3. The minimum absolute atomic E-state index is 0.0944. The fourth-order valence-electron chi connectivity index (χ4n) is 2.15. The predicted molar refractivity (Wildman–Crippen MR) is 95.9 cm³/mol. The number of hydrogen-bond donors (Lipinski definition) is 2. The molecule has 0 bridgehead atoms. The van der Waals surface area contributed by atoms with Gasteiger partial charge in [-0.3, -0.25) is 0 Å². The van der Waals surface area contributed by atoms with Gasteiger partial charge in [0.05, 0.1) is 6.54 Å². The van der Waals surface area contributed by atoms with Crippen molar-refractivity contribution in [2.75, 3.05) is 6.54 Å². The first-order valence-electron chi connectivity index (χ1n) is 8.31. The lowest BCUT2D eigenvalue weighted by atomic mass is 10.2. The number of aryl methyl sites for hydroxylation is 1. The summed E-state index contributed by atoms with van der Waals surface area (Å²) in [6.45, 7) is 3.21. The Hall–Kier alpha value is -2.10. The number of halogens is 3. The number of rotatable bonds is 8. The Bertz CT molecular complexity index is 693. The van der Waals surface area contributed by atoms with Gasteiger partial charge < -0.3 is 15.2 Å². The molecule has 0 atom stereocenters. The van der Waals surface area contributed by atoms with Gasteiger partial charge in [0.2, 0.25) is 0 Å². The SMILES string of the molecule is Cc1nnc(CN=C(NCCCCC(F)(F)F)NCc2cccs2)n1C. The van der Waals surface area contributed by atoms with Crippen molar-refractivity contribution in [2.45, 2.75) is 45.5 Å². The van der Waals surface area contributed by atoms with Crippen LogP contribution in [-0.4, -0.2) is 33.4 Å². The Morgan fingerprint density at radius 1 is 1.27 bits per heavy atom. The Morgan fingerprint density at radius 2 is 2.08 bits per heavy atom. The average molecular weight is 388 g/mol. The number of hydrogen-bond acceptors (Lipinski definition) is 4. The van der Waals surface area contributed by atoms with Gasteiger partial charge in [0.25, 0.3) is 0 Å². The van der Waals surface area contributed by atoms with E-state index >= 15 is 0 Å². The van der Waals surface area contributed by atoms with Crippen LogP contribution in [0, 0.1) is 6.92 Å². The van der Waals surface area contributed by atoms with Crippen LogP contribution in [0.4, 0.5) is 13.2 Å². The van der Waals surface area contributed by atoms with Gasteiger partial charge in [0, 0.05) is 24.9 Å². The Balaban J connectivity index is 1.87. The monoisotopic (exact) mass is 388 g/mol. The topological polar surface area (TPSA) is 67.1 Å². The molecule has 0 spiro atoms. The Labute approximate surface area is 154 Å². The quantitative estimate of drug-likeness (QED) is 0.414. The molecule has 2 heterocycles. The lowest BCUT2D eigenvalue weighted by Crippen LogP contribution is -2.37. The van der Waals surface area contributed by atoms with E-state index in [4.69, 9.17) is 0 Å². The van der Waals surface area contributed by atoms with Crippen LogP contribution in [0.5, 0.6) is 0 Å². The predicted octanol–water partition coefficient (Wildman–Crippen LogP) is 3.15. The van der Waals surface area contributed by atoms with E-state index in [9.17, 15) is 13.2 Å². The van der Waals surface area contributed by atoms with Crippen molar-refractivity contribution >= 4 is 17.3 Å². The zero-order chi connectivity index (χ0) is 19.0. The normalized spacial score (nSPS) is 12.4. The third-order valence-corrected chi connectivity index (χ3v) is 4.63. The average Bonchev–Trinajstić information content (AvgIpc) is 3.20. The molecule has 6 nitrogen and oxygen atoms in total. The maximum Gasteiger partial charge on any atom is 0.389 e. The second-order valence-electron chi connectivity index (χ2n) is 5.82. The fraction of sp³-hybridized carbons (Fsp3) is 0.562. The van der Waals surface area contributed by atoms with Gasteiger partial charge in [-0.2, -0.15) is 13.2 Å². The number of nitrogens with zero attached hydrogens (tertiary/aromatic N) is 4. The number of guanidine groups is 1. The largest absolute Gasteiger partial charge is 0.389 e. The lowest BCUT2D eigenvalue weighted by Gasteiger charge is -2.12. The highest BCUT2D eigenvalue weighted by molar-refractivity contribution is 7.09. The van der Waals surface area contributed by atoms with Crippen molar-refractivity contribution in [1.82, 2.24) is 25.4 Å². The molecule has 26 heavy (non-hydrogen) atoms. The van der Waals surface area contributed by atoms with Crippen LogP contribution in [0.1, 0.15) is 35.8 Å². The second kappa shape index (κ2) is 9.56. The van der Waals surface area contributed by atoms with E-state index in [-0.39, 0.29) is 6.42 Å². The highest BCUT2D eigenvalue weighted by atomic mass is 32.1. The smallest absolute Gasteiger partial charge is 0.356 e. The van der Waals surface area contributed by atoms with Gasteiger partial charge in [-0.1, -0.05) is 6.07 Å². The molecule has 2 rings (SSSR count). The van der Waals surface area contributed by atoms with Crippen molar-refractivity contribution in [3.05, 3.63) is 34.0 Å². The van der Waals surface area contributed by atoms with Crippen molar-refractivity contribution < 1.29 is 13.2 Å². The maximum absolute atomic E-state index is 12.2. The molecular formula is C16H23F3N6S. The summed E-state index contributed by atoms with van der Waals surface area (Å²) in [6.07, 6.45) is -4.35. The standard InChI is InChI=1S/C16H23F3N6S/c1-12-23-24-14(25(12)2)11-22-15(21-10-13-6-5-9-26-13)20-8-4-3-7-16(17,18)19/h5-6,9H,3-4,7-8,10-11H2,1-2H3,(H2,20,21,22). The van der Waals surface area contributed by atoms with E-state index in [0.717, 1.165) is 16.5 Å². The molecule has 0 saturated heterocycles. The zero-order valence-electron chi connectivity index (χ0n) is 14.8. The molecule has 0 aromatic carbocycles. The summed E-state index contributed by atoms with van der Waals surface area (Å²) >= 11 is 1.62. The van der Waals surface area contributed by atoms with E-state index in [0.29, 0.717) is 32.0 Å². The van der Waals surface area contributed by atoms with Gasteiger partial charge in [-0.15, -0.1) is 21.5 Å². The molecule has 0 fully saturated rings. The molecule has 0 aliphatic carbocycles. The van der Waals surface area contributed by atoms with Crippen LogP contribution < -0.4 is 10.6 Å². The van der Waals surface area contributed by atoms with E-state index in [2.05, 4.69) is 25.8 Å². The van der Waals surface area contributed by atoms with Gasteiger partial charge in [-0.05, 0) is 31.2 Å². The van der Waals surface area contributed by atoms with Crippen LogP contribution in [0.3, 0.4) is 0 Å². The first-order valence-corrected chi connectivity index (χ1v) is 9.19. The van der Waals surface area contributed by atoms with E-state index in [1.165, 1.54) is 0 Å². The van der Waals surface area contributed by atoms with Crippen LogP contribution in [0.2, 0.25) is 0 Å². The summed E-state index contributed by atoms with van der Waals surface area (Å²) in [5.41, 5.74) is 0. The van der Waals surface area contributed by atoms with Gasteiger partial charge in [-0.25, -0.2) is 4.99 Å². The van der Waals surface area contributed by atoms with Gasteiger partial charge in [0.15, 0.2) is 11.8 Å².